The summed E-state index contributed by atoms with van der Waals surface area (Å²) in [7, 11) is 0. The zero-order valence-corrected chi connectivity index (χ0v) is 14.7. The van der Waals surface area contributed by atoms with E-state index < -0.39 is 0 Å². The Labute approximate surface area is 149 Å². The molecule has 0 saturated carbocycles. The van der Waals surface area contributed by atoms with Crippen molar-refractivity contribution >= 4 is 0 Å². The maximum Gasteiger partial charge on any atom is 0.123 e. The Morgan fingerprint density at radius 2 is 1.96 bits per heavy atom. The van der Waals surface area contributed by atoms with Gasteiger partial charge in [-0.05, 0) is 42.7 Å². The summed E-state index contributed by atoms with van der Waals surface area (Å²) in [5, 5.41) is 13.1. The molecule has 4 heteroatoms. The molecular weight excluding hydrogens is 313 g/mol. The predicted molar refractivity (Wildman–Crippen MR) is 97.6 cm³/mol. The van der Waals surface area contributed by atoms with Crippen molar-refractivity contribution in [2.75, 3.05) is 13.1 Å². The maximum absolute atomic E-state index is 13.5. The van der Waals surface area contributed by atoms with Crippen LogP contribution in [0.25, 0.3) is 0 Å². The van der Waals surface area contributed by atoms with Crippen molar-refractivity contribution in [3.05, 3.63) is 71.0 Å². The van der Waals surface area contributed by atoms with Gasteiger partial charge in [0.15, 0.2) is 0 Å². The van der Waals surface area contributed by atoms with Gasteiger partial charge < -0.3 is 5.32 Å². The van der Waals surface area contributed by atoms with E-state index in [-0.39, 0.29) is 11.9 Å². The average Bonchev–Trinajstić information content (AvgIpc) is 2.64. The van der Waals surface area contributed by atoms with Crippen LogP contribution < -0.4 is 5.32 Å². The average molecular weight is 337 g/mol. The Balaban J connectivity index is 2.11. The zero-order chi connectivity index (χ0) is 17.8. The van der Waals surface area contributed by atoms with Gasteiger partial charge in [0, 0.05) is 25.2 Å². The molecule has 0 spiro atoms. The molecule has 1 aliphatic heterocycles. The minimum atomic E-state index is -0.239. The summed E-state index contributed by atoms with van der Waals surface area (Å²) in [4.78, 5) is 2.46. The van der Waals surface area contributed by atoms with Crippen molar-refractivity contribution in [2.45, 2.75) is 38.4 Å². The minimum absolute atomic E-state index is 0.0500. The van der Waals surface area contributed by atoms with E-state index in [0.29, 0.717) is 17.6 Å². The summed E-state index contributed by atoms with van der Waals surface area (Å²) in [5.74, 6) is -0.239. The molecule has 0 radical (unpaired) electrons. The molecule has 1 heterocycles. The van der Waals surface area contributed by atoms with Crippen molar-refractivity contribution < 1.29 is 4.39 Å². The van der Waals surface area contributed by atoms with Gasteiger partial charge in [0.25, 0.3) is 0 Å². The zero-order valence-electron chi connectivity index (χ0n) is 14.7. The van der Waals surface area contributed by atoms with Crippen molar-refractivity contribution in [2.24, 2.45) is 0 Å². The largest absolute Gasteiger partial charge is 0.311 e. The highest BCUT2D eigenvalue weighted by Crippen LogP contribution is 2.34. The summed E-state index contributed by atoms with van der Waals surface area (Å²) < 4.78 is 13.5. The monoisotopic (exact) mass is 337 g/mol. The molecule has 1 N–H and O–H groups in total. The molecule has 0 amide bonds. The first-order chi connectivity index (χ1) is 12.1. The summed E-state index contributed by atoms with van der Waals surface area (Å²) in [5.41, 5.74) is 2.69. The Bertz CT molecular complexity index is 750. The molecule has 130 valence electrons. The summed E-state index contributed by atoms with van der Waals surface area (Å²) in [6.07, 6.45) is 1.02. The van der Waals surface area contributed by atoms with Gasteiger partial charge in [0.2, 0.25) is 0 Å². The number of hydrogen-bond donors (Lipinski definition) is 1. The molecule has 1 aliphatic rings. The van der Waals surface area contributed by atoms with Gasteiger partial charge in [0.05, 0.1) is 17.7 Å². The lowest BCUT2D eigenvalue weighted by molar-refractivity contribution is 0.0995. The molecule has 1 saturated heterocycles. The first-order valence-corrected chi connectivity index (χ1v) is 8.87. The second-order valence-corrected chi connectivity index (χ2v) is 6.72. The maximum atomic E-state index is 13.5. The van der Waals surface area contributed by atoms with E-state index in [9.17, 15) is 9.65 Å². The molecular formula is C21H24FN3. The first-order valence-electron chi connectivity index (χ1n) is 8.87. The molecule has 0 bridgehead atoms. The van der Waals surface area contributed by atoms with Crippen LogP contribution in [0, 0.1) is 17.1 Å². The predicted octanol–water partition coefficient (Wildman–Crippen LogP) is 3.86. The lowest BCUT2D eigenvalue weighted by Crippen LogP contribution is -2.56. The fourth-order valence-corrected chi connectivity index (χ4v) is 3.71. The van der Waals surface area contributed by atoms with E-state index in [1.54, 1.807) is 0 Å². The highest BCUT2D eigenvalue weighted by atomic mass is 19.1. The van der Waals surface area contributed by atoms with E-state index in [4.69, 9.17) is 0 Å². The van der Waals surface area contributed by atoms with Crippen molar-refractivity contribution in [3.8, 4) is 6.07 Å². The topological polar surface area (TPSA) is 39.1 Å². The van der Waals surface area contributed by atoms with Gasteiger partial charge in [0.1, 0.15) is 5.82 Å². The van der Waals surface area contributed by atoms with E-state index in [1.807, 2.05) is 36.4 Å². The summed E-state index contributed by atoms with van der Waals surface area (Å²) in [6, 6.07) is 17.5. The molecule has 3 rings (SSSR count). The van der Waals surface area contributed by atoms with E-state index >= 15 is 0 Å². The number of halogens is 1. The van der Waals surface area contributed by atoms with Crippen LogP contribution in [-0.4, -0.2) is 30.1 Å². The Kier molecular flexibility index (Phi) is 5.47. The van der Waals surface area contributed by atoms with Crippen LogP contribution in [0.3, 0.4) is 0 Å². The van der Waals surface area contributed by atoms with Crippen LogP contribution >= 0.6 is 0 Å². The van der Waals surface area contributed by atoms with Crippen molar-refractivity contribution in [1.29, 1.82) is 5.26 Å². The fourth-order valence-electron chi connectivity index (χ4n) is 3.71. The third kappa shape index (κ3) is 3.73. The number of nitrogens with one attached hydrogen (secondary N) is 1. The van der Waals surface area contributed by atoms with Crippen LogP contribution in [0.2, 0.25) is 0 Å². The van der Waals surface area contributed by atoms with E-state index in [2.05, 4.69) is 30.1 Å². The van der Waals surface area contributed by atoms with Crippen molar-refractivity contribution in [3.63, 3.8) is 0 Å². The normalized spacial score (nSPS) is 22.3. The molecule has 3 nitrogen and oxygen atoms in total. The quantitative estimate of drug-likeness (QED) is 0.921. The van der Waals surface area contributed by atoms with Crippen LogP contribution in [-0.2, 0) is 0 Å². The van der Waals surface area contributed by atoms with Crippen LogP contribution in [0.4, 0.5) is 4.39 Å². The number of nitriles is 1. The number of rotatable bonds is 4. The molecule has 1 unspecified atom stereocenters. The van der Waals surface area contributed by atoms with Crippen LogP contribution in [0.15, 0.2) is 48.5 Å². The Hall–Kier alpha value is -2.22. The standard InChI is InChI=1S/C21H24FN3/c1-3-19-13-24-15(2)14-25(19)21(16-8-10-18(22)11-9-16)20-7-5-4-6-17(20)12-23/h4-11,15,19,21,24H,3,13-14H2,1-2H3/t15-,19+,21?/m0/s1. The summed E-state index contributed by atoms with van der Waals surface area (Å²) in [6.45, 7) is 6.18. The second kappa shape index (κ2) is 7.77. The second-order valence-electron chi connectivity index (χ2n) is 6.72. The van der Waals surface area contributed by atoms with Gasteiger partial charge in [-0.2, -0.15) is 5.26 Å². The highest BCUT2D eigenvalue weighted by molar-refractivity contribution is 5.44. The van der Waals surface area contributed by atoms with E-state index in [1.165, 1.54) is 12.1 Å². The van der Waals surface area contributed by atoms with Gasteiger partial charge in [-0.3, -0.25) is 4.90 Å². The number of hydrogen-bond acceptors (Lipinski definition) is 3. The van der Waals surface area contributed by atoms with Crippen LogP contribution in [0.1, 0.15) is 43.0 Å². The Morgan fingerprint density at radius 1 is 1.24 bits per heavy atom. The van der Waals surface area contributed by atoms with Gasteiger partial charge >= 0.3 is 0 Å². The molecule has 0 aromatic heterocycles. The van der Waals surface area contributed by atoms with Crippen LogP contribution in [0.5, 0.6) is 0 Å². The highest BCUT2D eigenvalue weighted by Gasteiger charge is 2.33. The molecule has 2 aromatic rings. The van der Waals surface area contributed by atoms with E-state index in [0.717, 1.165) is 30.6 Å². The third-order valence-corrected chi connectivity index (χ3v) is 5.02. The fraction of sp³-hybridized carbons (Fsp3) is 0.381. The molecule has 25 heavy (non-hydrogen) atoms. The van der Waals surface area contributed by atoms with Gasteiger partial charge in [-0.1, -0.05) is 37.3 Å². The van der Waals surface area contributed by atoms with Crippen molar-refractivity contribution in [1.82, 2.24) is 10.2 Å². The lowest BCUT2D eigenvalue weighted by Gasteiger charge is -2.44. The Morgan fingerprint density at radius 3 is 2.64 bits per heavy atom. The molecule has 2 aromatic carbocycles. The third-order valence-electron chi connectivity index (χ3n) is 5.02. The number of nitrogens with zero attached hydrogens (tertiary/aromatic N) is 2. The lowest BCUT2D eigenvalue weighted by atomic mass is 9.90. The minimum Gasteiger partial charge on any atom is -0.311 e. The number of piperazine rings is 1. The van der Waals surface area contributed by atoms with Gasteiger partial charge in [-0.15, -0.1) is 0 Å². The summed E-state index contributed by atoms with van der Waals surface area (Å²) >= 11 is 0. The number of benzene rings is 2. The first kappa shape index (κ1) is 17.6. The SMILES string of the molecule is CC[C@@H]1CN[C@@H](C)CN1C(c1ccc(F)cc1)c1ccccc1C#N. The smallest absolute Gasteiger partial charge is 0.123 e. The molecule has 0 aliphatic carbocycles. The van der Waals surface area contributed by atoms with Gasteiger partial charge in [-0.25, -0.2) is 4.39 Å². The molecule has 1 fully saturated rings. The molecule has 3 atom stereocenters.